The standard InChI is InChI=1S/C17H17N5O/c1-11-6-12(2)8-15(7-11)19-17-18-5-4-16(20-17)22-9-14(10-23)13(3)21-22/h4-10H,1-3H3,(H,18,19,20). The molecule has 3 aromatic rings. The Kier molecular flexibility index (Phi) is 3.89. The first-order valence-electron chi connectivity index (χ1n) is 7.25. The molecule has 0 saturated heterocycles. The number of aromatic nitrogens is 4. The summed E-state index contributed by atoms with van der Waals surface area (Å²) in [6.45, 7) is 5.88. The zero-order valence-electron chi connectivity index (χ0n) is 13.2. The predicted octanol–water partition coefficient (Wildman–Crippen LogP) is 3.14. The van der Waals surface area contributed by atoms with Crippen molar-refractivity contribution in [1.82, 2.24) is 19.7 Å². The van der Waals surface area contributed by atoms with Crippen LogP contribution in [0.1, 0.15) is 27.2 Å². The van der Waals surface area contributed by atoms with Crippen LogP contribution in [0.3, 0.4) is 0 Å². The molecule has 6 nitrogen and oxygen atoms in total. The van der Waals surface area contributed by atoms with Crippen LogP contribution in [0.5, 0.6) is 0 Å². The minimum Gasteiger partial charge on any atom is -0.324 e. The van der Waals surface area contributed by atoms with E-state index in [1.54, 1.807) is 30.1 Å². The van der Waals surface area contributed by atoms with Gasteiger partial charge in [0, 0.05) is 24.1 Å². The van der Waals surface area contributed by atoms with Crippen LogP contribution in [0.25, 0.3) is 5.82 Å². The highest BCUT2D eigenvalue weighted by molar-refractivity contribution is 5.76. The molecule has 1 aromatic carbocycles. The number of carbonyl (C=O) groups is 1. The maximum Gasteiger partial charge on any atom is 0.229 e. The van der Waals surface area contributed by atoms with Crippen LogP contribution in [0.4, 0.5) is 11.6 Å². The van der Waals surface area contributed by atoms with E-state index in [1.807, 2.05) is 26.0 Å². The number of hydrogen-bond acceptors (Lipinski definition) is 5. The lowest BCUT2D eigenvalue weighted by Gasteiger charge is -2.08. The van der Waals surface area contributed by atoms with Crippen molar-refractivity contribution in [3.63, 3.8) is 0 Å². The Morgan fingerprint density at radius 2 is 1.87 bits per heavy atom. The van der Waals surface area contributed by atoms with Gasteiger partial charge >= 0.3 is 0 Å². The number of carbonyl (C=O) groups excluding carboxylic acids is 1. The average molecular weight is 307 g/mol. The van der Waals surface area contributed by atoms with Crippen LogP contribution in [-0.4, -0.2) is 26.0 Å². The molecule has 6 heteroatoms. The molecule has 0 spiro atoms. The number of aldehydes is 1. The Morgan fingerprint density at radius 3 is 2.52 bits per heavy atom. The molecule has 0 unspecified atom stereocenters. The van der Waals surface area contributed by atoms with Gasteiger partial charge in [0.25, 0.3) is 0 Å². The summed E-state index contributed by atoms with van der Waals surface area (Å²) in [6, 6.07) is 7.92. The summed E-state index contributed by atoms with van der Waals surface area (Å²) in [5.74, 6) is 1.08. The van der Waals surface area contributed by atoms with E-state index in [-0.39, 0.29) is 0 Å². The molecule has 0 radical (unpaired) electrons. The molecule has 0 bridgehead atoms. The van der Waals surface area contributed by atoms with E-state index in [1.165, 1.54) is 11.1 Å². The molecule has 2 aromatic heterocycles. The van der Waals surface area contributed by atoms with Gasteiger partial charge in [0.2, 0.25) is 5.95 Å². The van der Waals surface area contributed by atoms with Gasteiger partial charge in [-0.15, -0.1) is 0 Å². The quantitative estimate of drug-likeness (QED) is 0.750. The van der Waals surface area contributed by atoms with Crippen LogP contribution >= 0.6 is 0 Å². The van der Waals surface area contributed by atoms with Crippen LogP contribution in [0, 0.1) is 20.8 Å². The topological polar surface area (TPSA) is 72.7 Å². The third-order valence-corrected chi connectivity index (χ3v) is 3.42. The van der Waals surface area contributed by atoms with E-state index < -0.39 is 0 Å². The lowest BCUT2D eigenvalue weighted by atomic mass is 10.1. The number of nitrogens with zero attached hydrogens (tertiary/aromatic N) is 4. The van der Waals surface area contributed by atoms with Gasteiger partial charge in [0.1, 0.15) is 0 Å². The summed E-state index contributed by atoms with van der Waals surface area (Å²) in [5.41, 5.74) is 4.49. The molecule has 3 rings (SSSR count). The number of hydrogen-bond donors (Lipinski definition) is 1. The smallest absolute Gasteiger partial charge is 0.229 e. The molecule has 116 valence electrons. The van der Waals surface area contributed by atoms with E-state index >= 15 is 0 Å². The molecular weight excluding hydrogens is 290 g/mol. The van der Waals surface area contributed by atoms with Gasteiger partial charge in [-0.05, 0) is 44.0 Å². The average Bonchev–Trinajstić information content (AvgIpc) is 2.87. The van der Waals surface area contributed by atoms with E-state index in [9.17, 15) is 4.79 Å². The van der Waals surface area contributed by atoms with E-state index in [0.29, 0.717) is 23.0 Å². The third kappa shape index (κ3) is 3.26. The lowest BCUT2D eigenvalue weighted by Crippen LogP contribution is -2.03. The molecule has 23 heavy (non-hydrogen) atoms. The fraction of sp³-hybridized carbons (Fsp3) is 0.176. The molecule has 1 N–H and O–H groups in total. The fourth-order valence-corrected chi connectivity index (χ4v) is 2.42. The molecule has 2 heterocycles. The van der Waals surface area contributed by atoms with Crippen LogP contribution in [0.15, 0.2) is 36.7 Å². The summed E-state index contributed by atoms with van der Waals surface area (Å²) in [4.78, 5) is 19.6. The summed E-state index contributed by atoms with van der Waals surface area (Å²) >= 11 is 0. The number of nitrogens with one attached hydrogen (secondary N) is 1. The Hall–Kier alpha value is -3.02. The van der Waals surface area contributed by atoms with Gasteiger partial charge < -0.3 is 5.32 Å². The van der Waals surface area contributed by atoms with Gasteiger partial charge in [-0.25, -0.2) is 9.67 Å². The van der Waals surface area contributed by atoms with E-state index in [2.05, 4.69) is 26.4 Å². The molecule has 0 fully saturated rings. The first kappa shape index (κ1) is 14.9. The monoisotopic (exact) mass is 307 g/mol. The normalized spacial score (nSPS) is 10.6. The van der Waals surface area contributed by atoms with Crippen molar-refractivity contribution in [1.29, 1.82) is 0 Å². The lowest BCUT2D eigenvalue weighted by molar-refractivity contribution is 0.112. The second kappa shape index (κ2) is 6.00. The van der Waals surface area contributed by atoms with Crippen LogP contribution in [-0.2, 0) is 0 Å². The number of aryl methyl sites for hydroxylation is 3. The highest BCUT2D eigenvalue weighted by Crippen LogP contribution is 2.18. The largest absolute Gasteiger partial charge is 0.324 e. The Morgan fingerprint density at radius 1 is 1.13 bits per heavy atom. The van der Waals surface area contributed by atoms with Crippen LogP contribution in [0.2, 0.25) is 0 Å². The highest BCUT2D eigenvalue weighted by atomic mass is 16.1. The fourth-order valence-electron chi connectivity index (χ4n) is 2.42. The van der Waals surface area contributed by atoms with Gasteiger partial charge in [-0.3, -0.25) is 4.79 Å². The summed E-state index contributed by atoms with van der Waals surface area (Å²) < 4.78 is 1.58. The number of anilines is 2. The second-order valence-corrected chi connectivity index (χ2v) is 5.47. The molecule has 0 aliphatic heterocycles. The van der Waals surface area contributed by atoms with Crippen molar-refractivity contribution in [2.24, 2.45) is 0 Å². The minimum absolute atomic E-state index is 0.480. The van der Waals surface area contributed by atoms with Crippen molar-refractivity contribution < 1.29 is 4.79 Å². The van der Waals surface area contributed by atoms with Crippen molar-refractivity contribution in [2.75, 3.05) is 5.32 Å². The second-order valence-electron chi connectivity index (χ2n) is 5.47. The Labute approximate surface area is 134 Å². The number of rotatable bonds is 4. The Balaban J connectivity index is 1.91. The van der Waals surface area contributed by atoms with Gasteiger partial charge in [-0.2, -0.15) is 10.1 Å². The van der Waals surface area contributed by atoms with Gasteiger partial charge in [-0.1, -0.05) is 6.07 Å². The van der Waals surface area contributed by atoms with Crippen molar-refractivity contribution >= 4 is 17.9 Å². The SMILES string of the molecule is Cc1cc(C)cc(Nc2nccc(-n3cc(C=O)c(C)n3)n2)c1. The molecule has 0 amide bonds. The maximum atomic E-state index is 10.9. The predicted molar refractivity (Wildman–Crippen MR) is 88.5 cm³/mol. The van der Waals surface area contributed by atoms with E-state index in [4.69, 9.17) is 0 Å². The number of benzene rings is 1. The van der Waals surface area contributed by atoms with Gasteiger partial charge in [0.05, 0.1) is 11.3 Å². The minimum atomic E-state index is 0.480. The maximum absolute atomic E-state index is 10.9. The molecule has 0 atom stereocenters. The zero-order valence-corrected chi connectivity index (χ0v) is 13.2. The molecule has 0 saturated carbocycles. The first-order chi connectivity index (χ1) is 11.0. The summed E-state index contributed by atoms with van der Waals surface area (Å²) in [5, 5.41) is 7.49. The van der Waals surface area contributed by atoms with Crippen molar-refractivity contribution in [3.05, 3.63) is 59.0 Å². The first-order valence-corrected chi connectivity index (χ1v) is 7.25. The highest BCUT2D eigenvalue weighted by Gasteiger charge is 2.08. The zero-order chi connectivity index (χ0) is 16.4. The summed E-state index contributed by atoms with van der Waals surface area (Å²) in [7, 11) is 0. The summed E-state index contributed by atoms with van der Waals surface area (Å²) in [6.07, 6.45) is 4.10. The third-order valence-electron chi connectivity index (χ3n) is 3.42. The van der Waals surface area contributed by atoms with Crippen molar-refractivity contribution in [3.8, 4) is 5.82 Å². The Bertz CT molecular complexity index is 849. The molecular formula is C17H17N5O. The molecule has 0 aliphatic carbocycles. The van der Waals surface area contributed by atoms with E-state index in [0.717, 1.165) is 12.0 Å². The molecule has 0 aliphatic rings. The van der Waals surface area contributed by atoms with Crippen molar-refractivity contribution in [2.45, 2.75) is 20.8 Å². The van der Waals surface area contributed by atoms with Gasteiger partial charge in [0.15, 0.2) is 12.1 Å². The van der Waals surface area contributed by atoms with Crippen LogP contribution < -0.4 is 5.32 Å².